The van der Waals surface area contributed by atoms with Crippen LogP contribution in [0.2, 0.25) is 5.02 Å². The molecule has 1 aliphatic rings. The van der Waals surface area contributed by atoms with Crippen LogP contribution in [0.15, 0.2) is 28.6 Å². The van der Waals surface area contributed by atoms with Gasteiger partial charge in [0.2, 0.25) is 0 Å². The Morgan fingerprint density at radius 1 is 1.30 bits per heavy atom. The second-order valence-corrected chi connectivity index (χ2v) is 9.36. The molecule has 1 aliphatic carbocycles. The molecule has 10 heteroatoms. The lowest BCUT2D eigenvalue weighted by Crippen LogP contribution is -2.46. The Kier molecular flexibility index (Phi) is 6.56. The summed E-state index contributed by atoms with van der Waals surface area (Å²) in [6, 6.07) is 2.68. The van der Waals surface area contributed by atoms with Crippen LogP contribution in [0.25, 0.3) is 0 Å². The molecule has 1 heterocycles. The van der Waals surface area contributed by atoms with Gasteiger partial charge in [0, 0.05) is 23.7 Å². The van der Waals surface area contributed by atoms with Gasteiger partial charge in [0.25, 0.3) is 10.0 Å². The van der Waals surface area contributed by atoms with E-state index in [0.717, 1.165) is 55.7 Å². The van der Waals surface area contributed by atoms with Crippen LogP contribution in [-0.4, -0.2) is 32.0 Å². The van der Waals surface area contributed by atoms with Crippen LogP contribution in [0.1, 0.15) is 32.6 Å². The van der Waals surface area contributed by atoms with Crippen LogP contribution in [0.5, 0.6) is 0 Å². The molecule has 2 aromatic rings. The minimum Gasteiger partial charge on any atom is -0.379 e. The van der Waals surface area contributed by atoms with Gasteiger partial charge in [-0.3, -0.25) is 4.72 Å². The molecule has 0 saturated heterocycles. The molecule has 27 heavy (non-hydrogen) atoms. The normalized spacial score (nSPS) is 20.4. The number of likely N-dealkylation sites (N-methyl/N-ethyl adjacent to an activating group) is 1. The van der Waals surface area contributed by atoms with Crippen molar-refractivity contribution in [1.82, 2.24) is 10.3 Å². The van der Waals surface area contributed by atoms with E-state index in [4.69, 9.17) is 11.6 Å². The Morgan fingerprint density at radius 3 is 2.70 bits per heavy atom. The van der Waals surface area contributed by atoms with Gasteiger partial charge in [-0.25, -0.2) is 17.8 Å². The molecule has 1 aromatic carbocycles. The zero-order valence-electron chi connectivity index (χ0n) is 14.8. The monoisotopic (exact) mass is 432 g/mol. The van der Waals surface area contributed by atoms with Crippen molar-refractivity contribution in [3.8, 4) is 0 Å². The second kappa shape index (κ2) is 8.72. The summed E-state index contributed by atoms with van der Waals surface area (Å²) in [6.07, 6.45) is 5.68. The molecule has 3 N–H and O–H groups in total. The molecule has 6 nitrogen and oxygen atoms in total. The van der Waals surface area contributed by atoms with E-state index < -0.39 is 20.7 Å². The van der Waals surface area contributed by atoms with Gasteiger partial charge in [-0.1, -0.05) is 31.4 Å². The highest BCUT2D eigenvalue weighted by atomic mass is 35.5. The summed E-state index contributed by atoms with van der Waals surface area (Å²) in [5.74, 6) is -0.859. The van der Waals surface area contributed by atoms with Crippen LogP contribution in [0, 0.1) is 5.82 Å². The Labute approximate surface area is 167 Å². The summed E-state index contributed by atoms with van der Waals surface area (Å²) >= 11 is 7.39. The van der Waals surface area contributed by atoms with Gasteiger partial charge < -0.3 is 10.6 Å². The zero-order chi connectivity index (χ0) is 19.4. The maximum Gasteiger partial charge on any atom is 0.266 e. The van der Waals surface area contributed by atoms with Crippen LogP contribution in [0.4, 0.5) is 15.2 Å². The lowest BCUT2D eigenvalue weighted by molar-refractivity contribution is 0.349. The van der Waals surface area contributed by atoms with Gasteiger partial charge in [0.15, 0.2) is 5.13 Å². The van der Waals surface area contributed by atoms with Crippen LogP contribution < -0.4 is 15.4 Å². The summed E-state index contributed by atoms with van der Waals surface area (Å²) in [7, 11) is -4.11. The maximum atomic E-state index is 14.6. The Balaban J connectivity index is 1.82. The molecule has 1 aromatic heterocycles. The van der Waals surface area contributed by atoms with Crippen LogP contribution in [0.3, 0.4) is 0 Å². The highest BCUT2D eigenvalue weighted by Crippen LogP contribution is 2.32. The van der Waals surface area contributed by atoms with Crippen molar-refractivity contribution in [1.29, 1.82) is 0 Å². The van der Waals surface area contributed by atoms with E-state index in [1.54, 1.807) is 5.38 Å². The van der Waals surface area contributed by atoms with E-state index in [2.05, 4.69) is 20.3 Å². The first-order valence-corrected chi connectivity index (χ1v) is 11.6. The lowest BCUT2D eigenvalue weighted by Gasteiger charge is -2.33. The van der Waals surface area contributed by atoms with Gasteiger partial charge in [-0.2, -0.15) is 0 Å². The zero-order valence-corrected chi connectivity index (χ0v) is 17.2. The number of hydrogen-bond donors (Lipinski definition) is 3. The van der Waals surface area contributed by atoms with Crippen LogP contribution >= 0.6 is 22.9 Å². The number of hydrogen-bond acceptors (Lipinski definition) is 6. The molecule has 0 spiro atoms. The Bertz CT molecular complexity index is 875. The number of halogens is 2. The number of thiazole rings is 1. The third-order valence-corrected chi connectivity index (χ3v) is 7.02. The van der Waals surface area contributed by atoms with E-state index in [-0.39, 0.29) is 22.2 Å². The first-order valence-electron chi connectivity index (χ1n) is 8.82. The summed E-state index contributed by atoms with van der Waals surface area (Å²) in [5, 5.41) is 8.69. The number of benzene rings is 1. The molecule has 2 atom stereocenters. The standard InChI is InChI=1S/C17H22ClFN4O2S2/c1-2-20-13-5-3-4-6-14(13)22-15-10-12(19)16(9-11(15)18)27(24,25)23-17-21-7-8-26-17/h7-10,13-14,20,22H,2-6H2,1H3,(H,21,23)/t13-,14?/m0/s1. The molecule has 3 rings (SSSR count). The first-order chi connectivity index (χ1) is 12.9. The fourth-order valence-electron chi connectivity index (χ4n) is 3.30. The molecule has 0 amide bonds. The van der Waals surface area contributed by atoms with Gasteiger partial charge in [-0.05, 0) is 31.5 Å². The first kappa shape index (κ1) is 20.3. The van der Waals surface area contributed by atoms with Gasteiger partial charge in [0.05, 0.1) is 10.7 Å². The molecule has 1 unspecified atom stereocenters. The Hall–Kier alpha value is -1.42. The molecule has 0 radical (unpaired) electrons. The molecule has 1 fully saturated rings. The van der Waals surface area contributed by atoms with E-state index in [0.29, 0.717) is 5.69 Å². The SMILES string of the molecule is CCN[C@H]1CCCCC1Nc1cc(F)c(S(=O)(=O)Nc2nccs2)cc1Cl. The number of nitrogens with zero attached hydrogens (tertiary/aromatic N) is 1. The lowest BCUT2D eigenvalue weighted by atomic mass is 9.90. The van der Waals surface area contributed by atoms with Crippen molar-refractivity contribution in [3.63, 3.8) is 0 Å². The quantitative estimate of drug-likeness (QED) is 0.614. The minimum absolute atomic E-state index is 0.117. The smallest absolute Gasteiger partial charge is 0.266 e. The predicted molar refractivity (Wildman–Crippen MR) is 108 cm³/mol. The highest BCUT2D eigenvalue weighted by Gasteiger charge is 2.27. The van der Waals surface area contributed by atoms with Crippen molar-refractivity contribution < 1.29 is 12.8 Å². The summed E-state index contributed by atoms with van der Waals surface area (Å²) in [5.41, 5.74) is 0.400. The van der Waals surface area contributed by atoms with Gasteiger partial charge in [0.1, 0.15) is 10.7 Å². The van der Waals surface area contributed by atoms with Gasteiger partial charge in [-0.15, -0.1) is 11.3 Å². The predicted octanol–water partition coefficient (Wildman–Crippen LogP) is 4.07. The third kappa shape index (κ3) is 4.90. The van der Waals surface area contributed by atoms with E-state index in [9.17, 15) is 12.8 Å². The van der Waals surface area contributed by atoms with Crippen molar-refractivity contribution in [2.45, 2.75) is 49.6 Å². The van der Waals surface area contributed by atoms with Crippen molar-refractivity contribution in [2.75, 3.05) is 16.6 Å². The molecule has 0 bridgehead atoms. The molecular formula is C17H22ClFN4O2S2. The number of nitrogens with one attached hydrogen (secondary N) is 3. The van der Waals surface area contributed by atoms with E-state index >= 15 is 0 Å². The fourth-order valence-corrected chi connectivity index (χ4v) is 5.46. The molecule has 0 aliphatic heterocycles. The number of aromatic nitrogens is 1. The molecular weight excluding hydrogens is 411 g/mol. The van der Waals surface area contributed by atoms with E-state index in [1.165, 1.54) is 6.20 Å². The molecule has 1 saturated carbocycles. The number of anilines is 2. The fraction of sp³-hybridized carbons (Fsp3) is 0.471. The van der Waals surface area contributed by atoms with E-state index in [1.807, 2.05) is 6.92 Å². The summed E-state index contributed by atoms with van der Waals surface area (Å²) in [4.78, 5) is 3.35. The van der Waals surface area contributed by atoms with Gasteiger partial charge >= 0.3 is 0 Å². The number of rotatable bonds is 7. The maximum absolute atomic E-state index is 14.6. The topological polar surface area (TPSA) is 83.1 Å². The summed E-state index contributed by atoms with van der Waals surface area (Å²) < 4.78 is 41.7. The van der Waals surface area contributed by atoms with Crippen molar-refractivity contribution in [3.05, 3.63) is 34.5 Å². The highest BCUT2D eigenvalue weighted by molar-refractivity contribution is 7.93. The van der Waals surface area contributed by atoms with Crippen molar-refractivity contribution in [2.24, 2.45) is 0 Å². The minimum atomic E-state index is -4.11. The van der Waals surface area contributed by atoms with Crippen LogP contribution in [-0.2, 0) is 10.0 Å². The number of sulfonamides is 1. The largest absolute Gasteiger partial charge is 0.379 e. The Morgan fingerprint density at radius 2 is 2.04 bits per heavy atom. The second-order valence-electron chi connectivity index (χ2n) is 6.40. The van der Waals surface area contributed by atoms with Crippen molar-refractivity contribution >= 4 is 43.8 Å². The third-order valence-electron chi connectivity index (χ3n) is 4.54. The average molecular weight is 433 g/mol. The summed E-state index contributed by atoms with van der Waals surface area (Å²) in [6.45, 7) is 2.90. The molecule has 148 valence electrons. The average Bonchev–Trinajstić information content (AvgIpc) is 3.12.